The van der Waals surface area contributed by atoms with E-state index in [1.807, 2.05) is 10.7 Å². The van der Waals surface area contributed by atoms with Gasteiger partial charge in [0.15, 0.2) is 5.82 Å². The van der Waals surface area contributed by atoms with Crippen molar-refractivity contribution >= 4 is 11.3 Å². The molecule has 0 unspecified atom stereocenters. The highest BCUT2D eigenvalue weighted by Crippen LogP contribution is 2.25. The standard InChI is InChI=1S/C10H9N5S/c11-5-7-1-2-8(16-7)10-13-9-6-12-3-4-15(9)14-10/h1-2,12H,3-4,6H2. The van der Waals surface area contributed by atoms with Gasteiger partial charge in [0.25, 0.3) is 0 Å². The first-order valence-corrected chi connectivity index (χ1v) is 5.83. The molecule has 1 aliphatic rings. The number of aromatic nitrogens is 3. The summed E-state index contributed by atoms with van der Waals surface area (Å²) in [5.41, 5.74) is 0. The monoisotopic (exact) mass is 231 g/mol. The van der Waals surface area contributed by atoms with Crippen LogP contribution in [0.1, 0.15) is 10.7 Å². The van der Waals surface area contributed by atoms with E-state index in [0.29, 0.717) is 4.88 Å². The quantitative estimate of drug-likeness (QED) is 0.794. The number of nitrogens with one attached hydrogen (secondary N) is 1. The van der Waals surface area contributed by atoms with Crippen LogP contribution in [0.2, 0.25) is 0 Å². The van der Waals surface area contributed by atoms with Gasteiger partial charge in [0.05, 0.1) is 18.0 Å². The number of fused-ring (bicyclic) bond motifs is 1. The van der Waals surface area contributed by atoms with Gasteiger partial charge in [-0.25, -0.2) is 9.67 Å². The molecule has 80 valence electrons. The van der Waals surface area contributed by atoms with E-state index in [0.717, 1.165) is 36.2 Å². The van der Waals surface area contributed by atoms with Crippen LogP contribution in [-0.2, 0) is 13.1 Å². The lowest BCUT2D eigenvalue weighted by Gasteiger charge is -2.11. The Balaban J connectivity index is 2.00. The molecule has 1 aliphatic heterocycles. The fraction of sp³-hybridized carbons (Fsp3) is 0.300. The summed E-state index contributed by atoms with van der Waals surface area (Å²) in [6, 6.07) is 5.83. The molecule has 5 nitrogen and oxygen atoms in total. The topological polar surface area (TPSA) is 66.5 Å². The largest absolute Gasteiger partial charge is 0.308 e. The number of thiophene rings is 1. The van der Waals surface area contributed by atoms with E-state index in [2.05, 4.69) is 21.5 Å². The summed E-state index contributed by atoms with van der Waals surface area (Å²) < 4.78 is 1.93. The second kappa shape index (κ2) is 3.70. The highest BCUT2D eigenvalue weighted by atomic mass is 32.1. The van der Waals surface area contributed by atoms with E-state index in [1.54, 1.807) is 6.07 Å². The van der Waals surface area contributed by atoms with Gasteiger partial charge in [-0.15, -0.1) is 16.4 Å². The molecule has 6 heteroatoms. The van der Waals surface area contributed by atoms with Crippen LogP contribution in [0.3, 0.4) is 0 Å². The van der Waals surface area contributed by atoms with Crippen LogP contribution in [0.4, 0.5) is 0 Å². The summed E-state index contributed by atoms with van der Waals surface area (Å²) in [5.74, 6) is 1.69. The van der Waals surface area contributed by atoms with Crippen LogP contribution in [0.5, 0.6) is 0 Å². The molecule has 0 bridgehead atoms. The molecule has 3 heterocycles. The van der Waals surface area contributed by atoms with Crippen molar-refractivity contribution in [2.75, 3.05) is 6.54 Å². The first kappa shape index (κ1) is 9.51. The Labute approximate surface area is 96.4 Å². The van der Waals surface area contributed by atoms with Crippen LogP contribution in [0, 0.1) is 11.3 Å². The normalized spacial score (nSPS) is 14.4. The summed E-state index contributed by atoms with van der Waals surface area (Å²) in [5, 5.41) is 16.4. The van der Waals surface area contributed by atoms with E-state index in [4.69, 9.17) is 5.26 Å². The van der Waals surface area contributed by atoms with Gasteiger partial charge < -0.3 is 5.32 Å². The molecule has 0 amide bonds. The second-order valence-electron chi connectivity index (χ2n) is 3.53. The zero-order valence-electron chi connectivity index (χ0n) is 8.47. The second-order valence-corrected chi connectivity index (χ2v) is 4.61. The molecule has 0 fully saturated rings. The lowest BCUT2D eigenvalue weighted by Crippen LogP contribution is -2.28. The van der Waals surface area contributed by atoms with Crippen LogP contribution in [-0.4, -0.2) is 21.3 Å². The van der Waals surface area contributed by atoms with Crippen molar-refractivity contribution in [3.05, 3.63) is 22.8 Å². The first-order chi connectivity index (χ1) is 7.86. The molecule has 0 radical (unpaired) electrons. The van der Waals surface area contributed by atoms with Gasteiger partial charge >= 0.3 is 0 Å². The molecule has 1 N–H and O–H groups in total. The molecule has 2 aromatic heterocycles. The Morgan fingerprint density at radius 2 is 2.44 bits per heavy atom. The predicted octanol–water partition coefficient (Wildman–Crippen LogP) is 0.981. The molecule has 3 rings (SSSR count). The van der Waals surface area contributed by atoms with Gasteiger partial charge in [-0.3, -0.25) is 0 Å². The molecule has 0 aromatic carbocycles. The van der Waals surface area contributed by atoms with Crippen LogP contribution in [0.25, 0.3) is 10.7 Å². The lowest BCUT2D eigenvalue weighted by atomic mass is 10.4. The number of nitriles is 1. The molecular formula is C10H9N5S. The smallest absolute Gasteiger partial charge is 0.191 e. The SMILES string of the molecule is N#Cc1ccc(-c2nc3n(n2)CCNC3)s1. The Kier molecular flexibility index (Phi) is 2.20. The summed E-state index contributed by atoms with van der Waals surface area (Å²) in [6.45, 7) is 2.56. The van der Waals surface area contributed by atoms with E-state index in [1.165, 1.54) is 11.3 Å². The average molecular weight is 231 g/mol. The minimum absolute atomic E-state index is 0.695. The zero-order valence-corrected chi connectivity index (χ0v) is 9.29. The van der Waals surface area contributed by atoms with E-state index >= 15 is 0 Å². The predicted molar refractivity (Wildman–Crippen MR) is 59.8 cm³/mol. The third-order valence-electron chi connectivity index (χ3n) is 2.47. The van der Waals surface area contributed by atoms with E-state index in [9.17, 15) is 0 Å². The van der Waals surface area contributed by atoms with Crippen molar-refractivity contribution in [1.82, 2.24) is 20.1 Å². The molecule has 16 heavy (non-hydrogen) atoms. The molecule has 0 atom stereocenters. The maximum atomic E-state index is 8.76. The van der Waals surface area contributed by atoms with Gasteiger partial charge in [0.1, 0.15) is 16.8 Å². The molecule has 0 saturated heterocycles. The highest BCUT2D eigenvalue weighted by molar-refractivity contribution is 7.15. The number of nitrogens with zero attached hydrogens (tertiary/aromatic N) is 4. The lowest BCUT2D eigenvalue weighted by molar-refractivity contribution is 0.469. The van der Waals surface area contributed by atoms with E-state index in [-0.39, 0.29) is 0 Å². The van der Waals surface area contributed by atoms with Gasteiger partial charge in [-0.05, 0) is 12.1 Å². The van der Waals surface area contributed by atoms with Gasteiger partial charge in [-0.2, -0.15) is 5.26 Å². The zero-order chi connectivity index (χ0) is 11.0. The summed E-state index contributed by atoms with van der Waals surface area (Å²) in [6.07, 6.45) is 0. The van der Waals surface area contributed by atoms with Crippen molar-refractivity contribution in [1.29, 1.82) is 5.26 Å². The highest BCUT2D eigenvalue weighted by Gasteiger charge is 2.15. The van der Waals surface area contributed by atoms with Crippen molar-refractivity contribution in [3.63, 3.8) is 0 Å². The molecule has 0 aliphatic carbocycles. The summed E-state index contributed by atoms with van der Waals surface area (Å²) >= 11 is 1.43. The van der Waals surface area contributed by atoms with Crippen molar-refractivity contribution < 1.29 is 0 Å². The van der Waals surface area contributed by atoms with Gasteiger partial charge in [-0.1, -0.05) is 0 Å². The minimum Gasteiger partial charge on any atom is -0.308 e. The van der Waals surface area contributed by atoms with Crippen molar-refractivity contribution in [2.45, 2.75) is 13.1 Å². The first-order valence-electron chi connectivity index (χ1n) is 5.01. The van der Waals surface area contributed by atoms with Crippen LogP contribution >= 0.6 is 11.3 Å². The molecule has 0 saturated carbocycles. The van der Waals surface area contributed by atoms with Crippen molar-refractivity contribution in [2.24, 2.45) is 0 Å². The Bertz CT molecular complexity index is 539. The van der Waals surface area contributed by atoms with Gasteiger partial charge in [0.2, 0.25) is 0 Å². The Hall–Kier alpha value is -1.71. The van der Waals surface area contributed by atoms with Gasteiger partial charge in [0, 0.05) is 6.54 Å². The Morgan fingerprint density at radius 3 is 3.19 bits per heavy atom. The molecule has 0 spiro atoms. The molecule has 2 aromatic rings. The van der Waals surface area contributed by atoms with Crippen LogP contribution < -0.4 is 5.32 Å². The maximum Gasteiger partial charge on any atom is 0.191 e. The van der Waals surface area contributed by atoms with E-state index < -0.39 is 0 Å². The van der Waals surface area contributed by atoms with Crippen LogP contribution in [0.15, 0.2) is 12.1 Å². The van der Waals surface area contributed by atoms with Crippen molar-refractivity contribution in [3.8, 4) is 16.8 Å². The number of hydrogen-bond donors (Lipinski definition) is 1. The Morgan fingerprint density at radius 1 is 1.50 bits per heavy atom. The number of hydrogen-bond acceptors (Lipinski definition) is 5. The summed E-state index contributed by atoms with van der Waals surface area (Å²) in [4.78, 5) is 6.11. The fourth-order valence-electron chi connectivity index (χ4n) is 1.69. The fourth-order valence-corrected chi connectivity index (χ4v) is 2.42. The maximum absolute atomic E-state index is 8.76. The minimum atomic E-state index is 0.695. The third-order valence-corrected chi connectivity index (χ3v) is 3.45. The third kappa shape index (κ3) is 1.50. The average Bonchev–Trinajstić information content (AvgIpc) is 2.95. The summed E-state index contributed by atoms with van der Waals surface area (Å²) in [7, 11) is 0. The number of rotatable bonds is 1. The molecular weight excluding hydrogens is 222 g/mol.